The molecule has 0 aromatic carbocycles. The van der Waals surface area contributed by atoms with E-state index in [1.54, 1.807) is 0 Å². The molecule has 1 aliphatic carbocycles. The van der Waals surface area contributed by atoms with Gasteiger partial charge in [-0.1, -0.05) is 37.6 Å². The molecule has 0 aliphatic heterocycles. The molecule has 1 heterocycles. The van der Waals surface area contributed by atoms with Crippen molar-refractivity contribution >= 4 is 11.5 Å². The minimum Gasteiger partial charge on any atom is -0.387 e. The Balaban J connectivity index is 2.07. The van der Waals surface area contributed by atoms with Crippen LogP contribution in [0.25, 0.3) is 0 Å². The van der Waals surface area contributed by atoms with Gasteiger partial charge in [0.1, 0.15) is 0 Å². The summed E-state index contributed by atoms with van der Waals surface area (Å²) in [5.74, 6) is 1.16. The summed E-state index contributed by atoms with van der Waals surface area (Å²) in [6.07, 6.45) is 6.51. The van der Waals surface area contributed by atoms with E-state index in [9.17, 15) is 5.11 Å². The summed E-state index contributed by atoms with van der Waals surface area (Å²) in [6, 6.07) is 0. The van der Waals surface area contributed by atoms with Crippen LogP contribution in [0.2, 0.25) is 0 Å². The molecule has 1 saturated carbocycles. The molecule has 96 valence electrons. The Morgan fingerprint density at radius 2 is 2.29 bits per heavy atom. The quantitative estimate of drug-likeness (QED) is 0.896. The molecule has 4 heteroatoms. The summed E-state index contributed by atoms with van der Waals surface area (Å²) in [5, 5.41) is 14.6. The van der Waals surface area contributed by atoms with Crippen molar-refractivity contribution in [3.63, 3.8) is 0 Å². The van der Waals surface area contributed by atoms with Gasteiger partial charge in [-0.05, 0) is 42.6 Å². The molecule has 3 nitrogen and oxygen atoms in total. The van der Waals surface area contributed by atoms with E-state index in [1.165, 1.54) is 24.4 Å². The van der Waals surface area contributed by atoms with Crippen molar-refractivity contribution in [2.75, 3.05) is 0 Å². The fourth-order valence-electron chi connectivity index (χ4n) is 2.83. The summed E-state index contributed by atoms with van der Waals surface area (Å²) >= 11 is 1.38. The number of nitrogens with zero attached hydrogens (tertiary/aromatic N) is 2. The van der Waals surface area contributed by atoms with E-state index in [1.807, 2.05) is 0 Å². The van der Waals surface area contributed by atoms with Gasteiger partial charge in [0.15, 0.2) is 0 Å². The van der Waals surface area contributed by atoms with Crippen LogP contribution < -0.4 is 0 Å². The molecule has 3 atom stereocenters. The minimum atomic E-state index is -0.334. The van der Waals surface area contributed by atoms with Crippen LogP contribution in [0.3, 0.4) is 0 Å². The van der Waals surface area contributed by atoms with Gasteiger partial charge in [-0.15, -0.1) is 5.10 Å². The van der Waals surface area contributed by atoms with Crippen LogP contribution in [-0.4, -0.2) is 14.7 Å². The number of hydrogen-bond acceptors (Lipinski definition) is 4. The second kappa shape index (κ2) is 5.91. The second-order valence-electron chi connectivity index (χ2n) is 5.31. The molecule has 2 rings (SSSR count). The lowest BCUT2D eigenvalue weighted by atomic mass is 9.79. The van der Waals surface area contributed by atoms with E-state index in [-0.39, 0.29) is 6.10 Å². The molecule has 17 heavy (non-hydrogen) atoms. The van der Waals surface area contributed by atoms with Crippen molar-refractivity contribution < 1.29 is 5.11 Å². The maximum absolute atomic E-state index is 10.5. The van der Waals surface area contributed by atoms with Crippen LogP contribution >= 0.6 is 11.5 Å². The summed E-state index contributed by atoms with van der Waals surface area (Å²) in [7, 11) is 0. The maximum atomic E-state index is 10.5. The van der Waals surface area contributed by atoms with Gasteiger partial charge in [0.2, 0.25) is 0 Å². The molecule has 0 bridgehead atoms. The Labute approximate surface area is 107 Å². The van der Waals surface area contributed by atoms with Crippen molar-refractivity contribution in [3.8, 4) is 0 Å². The molecule has 1 aliphatic rings. The van der Waals surface area contributed by atoms with Crippen molar-refractivity contribution in [1.29, 1.82) is 0 Å². The second-order valence-corrected chi connectivity index (χ2v) is 6.10. The predicted octanol–water partition coefficient (Wildman–Crippen LogP) is 3.35. The fraction of sp³-hybridized carbons (Fsp3) is 0.846. The monoisotopic (exact) mass is 254 g/mol. The van der Waals surface area contributed by atoms with Gasteiger partial charge in [-0.3, -0.25) is 0 Å². The van der Waals surface area contributed by atoms with Crippen molar-refractivity contribution in [2.45, 2.75) is 58.5 Å². The number of aromatic nitrogens is 2. The third kappa shape index (κ3) is 3.05. The SMILES string of the molecule is CCCc1nnsc1C(O)C1CCCC(C)C1. The standard InChI is InChI=1S/C13H22N2OS/c1-3-5-11-13(17-15-14-11)12(16)10-7-4-6-9(2)8-10/h9-10,12,16H,3-8H2,1-2H3. The Bertz CT molecular complexity index is 353. The largest absolute Gasteiger partial charge is 0.387 e. The van der Waals surface area contributed by atoms with Crippen LogP contribution in [0, 0.1) is 11.8 Å². The van der Waals surface area contributed by atoms with Gasteiger partial charge in [0, 0.05) is 0 Å². The van der Waals surface area contributed by atoms with Gasteiger partial charge >= 0.3 is 0 Å². The zero-order chi connectivity index (χ0) is 12.3. The lowest BCUT2D eigenvalue weighted by Gasteiger charge is -2.30. The van der Waals surface area contributed by atoms with Crippen molar-refractivity contribution in [3.05, 3.63) is 10.6 Å². The molecule has 0 amide bonds. The lowest BCUT2D eigenvalue weighted by molar-refractivity contribution is 0.0733. The smallest absolute Gasteiger partial charge is 0.0945 e. The number of rotatable bonds is 4. The van der Waals surface area contributed by atoms with Gasteiger partial charge < -0.3 is 5.11 Å². The van der Waals surface area contributed by atoms with E-state index in [2.05, 4.69) is 23.4 Å². The van der Waals surface area contributed by atoms with E-state index >= 15 is 0 Å². The van der Waals surface area contributed by atoms with Crippen LogP contribution in [-0.2, 0) is 6.42 Å². The summed E-state index contributed by atoms with van der Waals surface area (Å²) in [6.45, 7) is 4.43. The first-order chi connectivity index (χ1) is 8.22. The maximum Gasteiger partial charge on any atom is 0.0945 e. The zero-order valence-electron chi connectivity index (χ0n) is 10.7. The van der Waals surface area contributed by atoms with Gasteiger partial charge in [0.05, 0.1) is 16.7 Å². The van der Waals surface area contributed by atoms with E-state index in [4.69, 9.17) is 0 Å². The third-order valence-electron chi connectivity index (χ3n) is 3.76. The molecule has 0 spiro atoms. The molecule has 1 aromatic heterocycles. The lowest BCUT2D eigenvalue weighted by Crippen LogP contribution is -2.20. The molecule has 1 fully saturated rings. The van der Waals surface area contributed by atoms with E-state index < -0.39 is 0 Å². The average molecular weight is 254 g/mol. The van der Waals surface area contributed by atoms with E-state index in [0.29, 0.717) is 5.92 Å². The summed E-state index contributed by atoms with van der Waals surface area (Å²) in [4.78, 5) is 1.02. The molecule has 0 radical (unpaired) electrons. The topological polar surface area (TPSA) is 46.0 Å². The van der Waals surface area contributed by atoms with Crippen molar-refractivity contribution in [2.24, 2.45) is 11.8 Å². The highest BCUT2D eigenvalue weighted by Crippen LogP contribution is 2.38. The zero-order valence-corrected chi connectivity index (χ0v) is 11.5. The van der Waals surface area contributed by atoms with E-state index in [0.717, 1.165) is 42.2 Å². The fourth-order valence-corrected chi connectivity index (χ4v) is 3.61. The highest BCUT2D eigenvalue weighted by Gasteiger charge is 2.29. The highest BCUT2D eigenvalue weighted by atomic mass is 32.1. The minimum absolute atomic E-state index is 0.334. The average Bonchev–Trinajstić information content (AvgIpc) is 2.77. The van der Waals surface area contributed by atoms with Crippen molar-refractivity contribution in [1.82, 2.24) is 9.59 Å². The number of hydrogen-bond donors (Lipinski definition) is 1. The molecule has 0 saturated heterocycles. The molecular weight excluding hydrogens is 232 g/mol. The van der Waals surface area contributed by atoms with Gasteiger partial charge in [-0.2, -0.15) is 0 Å². The first kappa shape index (κ1) is 13.0. The Morgan fingerprint density at radius 1 is 1.47 bits per heavy atom. The number of aryl methyl sites for hydroxylation is 1. The van der Waals surface area contributed by atoms with Gasteiger partial charge in [0.25, 0.3) is 0 Å². The Morgan fingerprint density at radius 3 is 3.00 bits per heavy atom. The van der Waals surface area contributed by atoms with Crippen LogP contribution in [0.15, 0.2) is 0 Å². The predicted molar refractivity (Wildman–Crippen MR) is 70.0 cm³/mol. The molecule has 1 N–H and O–H groups in total. The number of aliphatic hydroxyl groups is 1. The first-order valence-electron chi connectivity index (χ1n) is 6.71. The third-order valence-corrected chi connectivity index (χ3v) is 4.60. The van der Waals surface area contributed by atoms with Gasteiger partial charge in [-0.25, -0.2) is 0 Å². The van der Waals surface area contributed by atoms with Crippen LogP contribution in [0.1, 0.15) is 62.6 Å². The number of aliphatic hydroxyl groups excluding tert-OH is 1. The molecular formula is C13H22N2OS. The summed E-state index contributed by atoms with van der Waals surface area (Å²) < 4.78 is 4.01. The van der Waals surface area contributed by atoms with Crippen LogP contribution in [0.5, 0.6) is 0 Å². The Kier molecular flexibility index (Phi) is 4.51. The molecule has 3 unspecified atom stereocenters. The first-order valence-corrected chi connectivity index (χ1v) is 7.48. The normalized spacial score (nSPS) is 27.0. The molecule has 1 aromatic rings. The summed E-state index contributed by atoms with van der Waals surface area (Å²) in [5.41, 5.74) is 1.02. The Hall–Kier alpha value is -0.480. The van der Waals surface area contributed by atoms with Crippen LogP contribution in [0.4, 0.5) is 0 Å². The highest BCUT2D eigenvalue weighted by molar-refractivity contribution is 7.05.